The van der Waals surface area contributed by atoms with E-state index in [-0.39, 0.29) is 13.5 Å². The molecule has 0 unspecified atom stereocenters. The largest absolute Gasteiger partial charge is 0.441 e. The number of cyclic esters (lactones) is 2. The van der Waals surface area contributed by atoms with E-state index in [9.17, 15) is 9.59 Å². The van der Waals surface area contributed by atoms with Gasteiger partial charge in [0.1, 0.15) is 0 Å². The number of methoxy groups -OCH3 is 2. The summed E-state index contributed by atoms with van der Waals surface area (Å²) >= 11 is 0. The molecule has 2 heterocycles. The smallest absolute Gasteiger partial charge is 0.342 e. The monoisotopic (exact) mass is 336 g/mol. The van der Waals surface area contributed by atoms with Gasteiger partial charge >= 0.3 is 11.9 Å². The van der Waals surface area contributed by atoms with Crippen LogP contribution in [-0.2, 0) is 18.9 Å². The van der Waals surface area contributed by atoms with Crippen LogP contribution < -0.4 is 9.80 Å². The molecule has 0 saturated carbocycles. The first-order valence-electron chi connectivity index (χ1n) is 7.65. The summed E-state index contributed by atoms with van der Waals surface area (Å²) in [6.45, 7) is 2.35. The van der Waals surface area contributed by atoms with Crippen LogP contribution in [0.5, 0.6) is 0 Å². The fourth-order valence-electron chi connectivity index (χ4n) is 2.77. The van der Waals surface area contributed by atoms with E-state index in [4.69, 9.17) is 18.9 Å². The zero-order valence-electron chi connectivity index (χ0n) is 13.7. The van der Waals surface area contributed by atoms with Crippen molar-refractivity contribution in [3.8, 4) is 0 Å². The second kappa shape index (κ2) is 7.06. The summed E-state index contributed by atoms with van der Waals surface area (Å²) in [5.74, 6) is -0.792. The number of esters is 2. The number of hydrogen-bond donors (Lipinski definition) is 0. The van der Waals surface area contributed by atoms with Crippen molar-refractivity contribution in [1.82, 2.24) is 0 Å². The Balaban J connectivity index is 2.00. The molecule has 2 aliphatic heterocycles. The van der Waals surface area contributed by atoms with Crippen molar-refractivity contribution in [2.24, 2.45) is 0 Å². The van der Waals surface area contributed by atoms with Crippen molar-refractivity contribution in [2.75, 3.05) is 63.8 Å². The van der Waals surface area contributed by atoms with Crippen LogP contribution in [0.1, 0.15) is 20.7 Å². The second-order valence-corrected chi connectivity index (χ2v) is 5.52. The Morgan fingerprint density at radius 1 is 0.875 bits per heavy atom. The van der Waals surface area contributed by atoms with Crippen molar-refractivity contribution in [3.63, 3.8) is 0 Å². The van der Waals surface area contributed by atoms with E-state index in [0.29, 0.717) is 48.8 Å². The number of carbonyl (C=O) groups is 2. The van der Waals surface area contributed by atoms with Gasteiger partial charge in [-0.25, -0.2) is 9.59 Å². The first kappa shape index (κ1) is 16.5. The van der Waals surface area contributed by atoms with Gasteiger partial charge in [0.15, 0.2) is 13.5 Å². The van der Waals surface area contributed by atoms with Crippen molar-refractivity contribution in [1.29, 1.82) is 0 Å². The van der Waals surface area contributed by atoms with Gasteiger partial charge in [-0.2, -0.15) is 0 Å². The molecule has 8 heteroatoms. The fourth-order valence-corrected chi connectivity index (χ4v) is 2.77. The Bertz CT molecular complexity index is 592. The topological polar surface area (TPSA) is 77.5 Å². The number of hydrogen-bond acceptors (Lipinski definition) is 8. The molecule has 24 heavy (non-hydrogen) atoms. The highest BCUT2D eigenvalue weighted by atomic mass is 16.6. The Labute approximate surface area is 139 Å². The molecule has 8 nitrogen and oxygen atoms in total. The van der Waals surface area contributed by atoms with E-state index in [1.165, 1.54) is 0 Å². The third-order valence-corrected chi connectivity index (χ3v) is 4.07. The lowest BCUT2D eigenvalue weighted by atomic mass is 10.0. The molecule has 0 radical (unpaired) electrons. The van der Waals surface area contributed by atoms with Crippen LogP contribution in [0.4, 0.5) is 11.4 Å². The summed E-state index contributed by atoms with van der Waals surface area (Å²) in [7, 11) is 3.21. The van der Waals surface area contributed by atoms with Crippen LogP contribution in [0.15, 0.2) is 12.1 Å². The van der Waals surface area contributed by atoms with E-state index in [1.807, 2.05) is 9.80 Å². The second-order valence-electron chi connectivity index (χ2n) is 5.52. The molecule has 0 aromatic heterocycles. The highest BCUT2D eigenvalue weighted by Gasteiger charge is 2.32. The minimum atomic E-state index is -0.396. The zero-order chi connectivity index (χ0) is 17.1. The van der Waals surface area contributed by atoms with E-state index >= 15 is 0 Å². The van der Waals surface area contributed by atoms with Gasteiger partial charge in [0.25, 0.3) is 0 Å². The number of anilines is 2. The summed E-state index contributed by atoms with van der Waals surface area (Å²) in [5.41, 5.74) is 2.20. The molecule has 0 N–H and O–H groups in total. The van der Waals surface area contributed by atoms with E-state index in [1.54, 1.807) is 26.4 Å². The van der Waals surface area contributed by atoms with Gasteiger partial charge in [0.05, 0.1) is 35.7 Å². The normalized spacial score (nSPS) is 16.4. The average Bonchev–Trinajstić information content (AvgIpc) is 2.60. The Kier molecular flexibility index (Phi) is 4.86. The minimum Gasteiger partial charge on any atom is -0.441 e. The van der Waals surface area contributed by atoms with E-state index < -0.39 is 11.9 Å². The molecule has 1 aromatic rings. The first-order chi connectivity index (χ1) is 11.7. The number of ether oxygens (including phenoxy) is 4. The van der Waals surface area contributed by atoms with Crippen molar-refractivity contribution in [3.05, 3.63) is 23.3 Å². The zero-order valence-corrected chi connectivity index (χ0v) is 13.7. The van der Waals surface area contributed by atoms with Crippen molar-refractivity contribution in [2.45, 2.75) is 0 Å². The lowest BCUT2D eigenvalue weighted by Crippen LogP contribution is -2.39. The molecule has 0 bridgehead atoms. The Morgan fingerprint density at radius 2 is 1.29 bits per heavy atom. The first-order valence-corrected chi connectivity index (χ1v) is 7.65. The molecule has 0 saturated heterocycles. The van der Waals surface area contributed by atoms with Gasteiger partial charge in [-0.1, -0.05) is 0 Å². The molecule has 0 spiro atoms. The van der Waals surface area contributed by atoms with E-state index in [0.717, 1.165) is 0 Å². The van der Waals surface area contributed by atoms with Gasteiger partial charge in [0.2, 0.25) is 0 Å². The van der Waals surface area contributed by atoms with Crippen LogP contribution in [0.25, 0.3) is 0 Å². The maximum atomic E-state index is 12.2. The van der Waals surface area contributed by atoms with Crippen LogP contribution in [0.2, 0.25) is 0 Å². The summed E-state index contributed by atoms with van der Waals surface area (Å²) in [5, 5.41) is 0. The van der Waals surface area contributed by atoms with Crippen molar-refractivity contribution >= 4 is 23.3 Å². The minimum absolute atomic E-state index is 0.135. The van der Waals surface area contributed by atoms with Crippen LogP contribution in [0.3, 0.4) is 0 Å². The molecule has 130 valence electrons. The molecule has 1 aromatic carbocycles. The number of carbonyl (C=O) groups excluding carboxylic acids is 2. The fraction of sp³-hybridized carbons (Fsp3) is 0.500. The van der Waals surface area contributed by atoms with Gasteiger partial charge in [-0.3, -0.25) is 0 Å². The lowest BCUT2D eigenvalue weighted by molar-refractivity contribution is 0.0452. The third-order valence-electron chi connectivity index (χ3n) is 4.07. The van der Waals surface area contributed by atoms with E-state index in [2.05, 4.69) is 0 Å². The summed E-state index contributed by atoms with van der Waals surface area (Å²) in [6.07, 6.45) is 0. The molecule has 2 aliphatic rings. The van der Waals surface area contributed by atoms with Gasteiger partial charge in [-0.05, 0) is 12.1 Å². The predicted molar refractivity (Wildman–Crippen MR) is 85.5 cm³/mol. The molecule has 0 fully saturated rings. The van der Waals surface area contributed by atoms with Crippen LogP contribution in [-0.4, -0.2) is 65.9 Å². The maximum Gasteiger partial charge on any atom is 0.342 e. The standard InChI is InChI=1S/C16H20N2O6/c1-21-5-3-17-9-23-15(19)11-8-14-12(7-13(11)17)16(20)24-10-18(14)4-6-22-2/h7-8H,3-6,9-10H2,1-2H3. The molecule has 0 atom stereocenters. The highest BCUT2D eigenvalue weighted by Crippen LogP contribution is 2.35. The summed E-state index contributed by atoms with van der Waals surface area (Å²) in [4.78, 5) is 28.0. The van der Waals surface area contributed by atoms with Crippen LogP contribution >= 0.6 is 0 Å². The number of benzene rings is 1. The molecular weight excluding hydrogens is 316 g/mol. The quantitative estimate of drug-likeness (QED) is 0.708. The highest BCUT2D eigenvalue weighted by molar-refractivity contribution is 6.05. The summed E-state index contributed by atoms with van der Waals surface area (Å²) in [6, 6.07) is 3.39. The SMILES string of the molecule is COCCN1COC(=O)c2cc3c(cc21)C(=O)OCN3CCOC. The van der Waals surface area contributed by atoms with Crippen molar-refractivity contribution < 1.29 is 28.5 Å². The van der Waals surface area contributed by atoms with Crippen LogP contribution in [0, 0.1) is 0 Å². The maximum absolute atomic E-state index is 12.2. The molecule has 3 rings (SSSR count). The molecular formula is C16H20N2O6. The molecule has 0 amide bonds. The predicted octanol–water partition coefficient (Wildman–Crippen LogP) is 0.848. The third kappa shape index (κ3) is 3.02. The Hall–Kier alpha value is -2.32. The average molecular weight is 336 g/mol. The number of fused-ring (bicyclic) bond motifs is 2. The lowest BCUT2D eigenvalue weighted by Gasteiger charge is -2.34. The summed E-state index contributed by atoms with van der Waals surface area (Å²) < 4.78 is 20.6. The number of nitrogens with zero attached hydrogens (tertiary/aromatic N) is 2. The van der Waals surface area contributed by atoms with Gasteiger partial charge in [0, 0.05) is 27.3 Å². The molecule has 0 aliphatic carbocycles. The Morgan fingerprint density at radius 3 is 1.67 bits per heavy atom. The number of rotatable bonds is 6. The van der Waals surface area contributed by atoms with Gasteiger partial charge in [-0.15, -0.1) is 0 Å². The van der Waals surface area contributed by atoms with Gasteiger partial charge < -0.3 is 28.7 Å².